The third kappa shape index (κ3) is 3.14. The Balaban J connectivity index is 1.56. The van der Waals surface area contributed by atoms with Gasteiger partial charge in [0.15, 0.2) is 11.5 Å². The molecule has 1 amide bonds. The van der Waals surface area contributed by atoms with Crippen LogP contribution in [0.15, 0.2) is 45.6 Å². The summed E-state index contributed by atoms with van der Waals surface area (Å²) < 4.78 is 11.1. The topological polar surface area (TPSA) is 81.2 Å². The van der Waals surface area contributed by atoms with Crippen molar-refractivity contribution in [3.8, 4) is 11.3 Å². The molecule has 3 aromatic heterocycles. The number of amides is 1. The molecular weight excluding hydrogens is 330 g/mol. The molecular formula is C20H21N3O3. The molecule has 0 aromatic carbocycles. The average molecular weight is 351 g/mol. The number of nitrogens with zero attached hydrogens (tertiary/aromatic N) is 2. The van der Waals surface area contributed by atoms with Crippen LogP contribution in [-0.4, -0.2) is 16.0 Å². The van der Waals surface area contributed by atoms with Crippen molar-refractivity contribution >= 4 is 5.91 Å². The van der Waals surface area contributed by atoms with E-state index in [0.29, 0.717) is 5.76 Å². The number of fused-ring (bicyclic) bond motifs is 1. The van der Waals surface area contributed by atoms with Gasteiger partial charge in [0.25, 0.3) is 5.91 Å². The Bertz CT molecular complexity index is 940. The molecule has 26 heavy (non-hydrogen) atoms. The molecule has 0 radical (unpaired) electrons. The molecule has 0 saturated heterocycles. The second kappa shape index (κ2) is 6.12. The number of rotatable bonds is 3. The van der Waals surface area contributed by atoms with Crippen LogP contribution in [0, 0.1) is 12.3 Å². The molecule has 0 spiro atoms. The summed E-state index contributed by atoms with van der Waals surface area (Å²) in [5.74, 6) is 2.09. The van der Waals surface area contributed by atoms with Gasteiger partial charge in [-0.25, -0.2) is 0 Å². The normalized spacial score (nSPS) is 18.3. The lowest BCUT2D eigenvalue weighted by Crippen LogP contribution is -2.36. The van der Waals surface area contributed by atoms with E-state index in [2.05, 4.69) is 29.3 Å². The van der Waals surface area contributed by atoms with Gasteiger partial charge in [0.05, 0.1) is 6.04 Å². The smallest absolute Gasteiger partial charge is 0.273 e. The van der Waals surface area contributed by atoms with E-state index in [9.17, 15) is 4.79 Å². The van der Waals surface area contributed by atoms with Gasteiger partial charge in [0.1, 0.15) is 11.5 Å². The maximum absolute atomic E-state index is 12.7. The molecule has 1 N–H and O–H groups in total. The lowest BCUT2D eigenvalue weighted by molar-refractivity contribution is 0.0908. The highest BCUT2D eigenvalue weighted by Gasteiger charge is 2.36. The number of carbonyl (C=O) groups excluding carboxylic acids is 1. The molecule has 6 nitrogen and oxygen atoms in total. The summed E-state index contributed by atoms with van der Waals surface area (Å²) in [5, 5.41) is 7.01. The molecule has 1 aliphatic rings. The summed E-state index contributed by atoms with van der Waals surface area (Å²) in [6.07, 6.45) is 5.07. The van der Waals surface area contributed by atoms with Crippen LogP contribution in [-0.2, 0) is 6.42 Å². The summed E-state index contributed by atoms with van der Waals surface area (Å²) >= 11 is 0. The van der Waals surface area contributed by atoms with E-state index in [0.717, 1.165) is 35.5 Å². The molecule has 0 bridgehead atoms. The molecule has 4 rings (SSSR count). The Morgan fingerprint density at radius 3 is 2.96 bits per heavy atom. The zero-order valence-corrected chi connectivity index (χ0v) is 15.1. The zero-order valence-electron chi connectivity index (χ0n) is 15.1. The van der Waals surface area contributed by atoms with E-state index < -0.39 is 0 Å². The fourth-order valence-electron chi connectivity index (χ4n) is 3.57. The second-order valence-electron chi connectivity index (χ2n) is 7.62. The van der Waals surface area contributed by atoms with Gasteiger partial charge in [-0.3, -0.25) is 9.78 Å². The molecule has 1 aliphatic carbocycles. The number of aryl methyl sites for hydroxylation is 1. The predicted molar refractivity (Wildman–Crippen MR) is 95.5 cm³/mol. The van der Waals surface area contributed by atoms with Crippen LogP contribution in [0.4, 0.5) is 0 Å². The van der Waals surface area contributed by atoms with Crippen LogP contribution in [0.5, 0.6) is 0 Å². The highest BCUT2D eigenvalue weighted by atomic mass is 16.5. The molecule has 0 saturated carbocycles. The van der Waals surface area contributed by atoms with Crippen molar-refractivity contribution < 1.29 is 13.7 Å². The van der Waals surface area contributed by atoms with Gasteiger partial charge in [-0.15, -0.1) is 0 Å². The van der Waals surface area contributed by atoms with Crippen molar-refractivity contribution in [2.75, 3.05) is 0 Å². The highest BCUT2D eigenvalue weighted by Crippen LogP contribution is 2.42. The highest BCUT2D eigenvalue weighted by molar-refractivity contribution is 5.93. The van der Waals surface area contributed by atoms with Gasteiger partial charge in [0, 0.05) is 36.0 Å². The van der Waals surface area contributed by atoms with Crippen LogP contribution in [0.2, 0.25) is 0 Å². The van der Waals surface area contributed by atoms with Crippen molar-refractivity contribution in [2.45, 2.75) is 39.7 Å². The van der Waals surface area contributed by atoms with E-state index in [-0.39, 0.29) is 23.1 Å². The van der Waals surface area contributed by atoms with E-state index in [1.807, 2.05) is 25.1 Å². The van der Waals surface area contributed by atoms with Gasteiger partial charge in [-0.2, -0.15) is 0 Å². The Morgan fingerprint density at radius 2 is 2.19 bits per heavy atom. The number of pyridine rings is 1. The largest absolute Gasteiger partial charge is 0.466 e. The minimum absolute atomic E-state index is 0.0555. The molecule has 1 unspecified atom stereocenters. The number of furan rings is 1. The average Bonchev–Trinajstić information content (AvgIpc) is 3.21. The summed E-state index contributed by atoms with van der Waals surface area (Å²) in [7, 11) is 0. The summed E-state index contributed by atoms with van der Waals surface area (Å²) in [6, 6.07) is 7.22. The first-order chi connectivity index (χ1) is 12.4. The summed E-state index contributed by atoms with van der Waals surface area (Å²) in [4.78, 5) is 16.8. The van der Waals surface area contributed by atoms with E-state index >= 15 is 0 Å². The van der Waals surface area contributed by atoms with Gasteiger partial charge < -0.3 is 14.3 Å². The Labute approximate surface area is 151 Å². The van der Waals surface area contributed by atoms with Gasteiger partial charge in [-0.1, -0.05) is 19.0 Å². The van der Waals surface area contributed by atoms with Crippen molar-refractivity contribution in [1.29, 1.82) is 0 Å². The summed E-state index contributed by atoms with van der Waals surface area (Å²) in [6.45, 7) is 6.30. The molecule has 3 aromatic rings. The van der Waals surface area contributed by atoms with E-state index in [4.69, 9.17) is 8.94 Å². The first-order valence-corrected chi connectivity index (χ1v) is 8.68. The second-order valence-corrected chi connectivity index (χ2v) is 7.62. The lowest BCUT2D eigenvalue weighted by atomic mass is 9.74. The van der Waals surface area contributed by atoms with Crippen LogP contribution in [0.3, 0.4) is 0 Å². The van der Waals surface area contributed by atoms with Crippen LogP contribution >= 0.6 is 0 Å². The Kier molecular flexibility index (Phi) is 3.90. The maximum atomic E-state index is 12.7. The monoisotopic (exact) mass is 351 g/mol. The fourth-order valence-corrected chi connectivity index (χ4v) is 3.57. The van der Waals surface area contributed by atoms with Crippen molar-refractivity contribution in [1.82, 2.24) is 15.5 Å². The Hall–Kier alpha value is -2.89. The maximum Gasteiger partial charge on any atom is 0.273 e. The molecule has 6 heteroatoms. The number of nitrogens with one attached hydrogen (secondary N) is 1. The molecule has 1 atom stereocenters. The molecule has 3 heterocycles. The third-order valence-corrected chi connectivity index (χ3v) is 4.73. The first kappa shape index (κ1) is 16.6. The zero-order chi connectivity index (χ0) is 18.3. The quantitative estimate of drug-likeness (QED) is 0.769. The number of hydrogen-bond donors (Lipinski definition) is 1. The first-order valence-electron chi connectivity index (χ1n) is 8.68. The van der Waals surface area contributed by atoms with Crippen molar-refractivity contribution in [3.63, 3.8) is 0 Å². The van der Waals surface area contributed by atoms with Crippen LogP contribution < -0.4 is 5.32 Å². The van der Waals surface area contributed by atoms with Gasteiger partial charge >= 0.3 is 0 Å². The summed E-state index contributed by atoms with van der Waals surface area (Å²) in [5.41, 5.74) is 2.16. The van der Waals surface area contributed by atoms with Crippen molar-refractivity contribution in [3.05, 3.63) is 59.4 Å². The van der Waals surface area contributed by atoms with Gasteiger partial charge in [-0.05, 0) is 37.0 Å². The Morgan fingerprint density at radius 1 is 1.35 bits per heavy atom. The fraction of sp³-hybridized carbons (Fsp3) is 0.350. The molecule has 134 valence electrons. The molecule has 0 fully saturated rings. The van der Waals surface area contributed by atoms with Crippen LogP contribution in [0.25, 0.3) is 11.3 Å². The molecule has 0 aliphatic heterocycles. The standard InChI is InChI=1S/C20H21N3O3/c1-12-7-14-16(9-20(2,3)10-18(14)25-12)22-19(24)15-8-17(26-23-15)13-5-4-6-21-11-13/h4-8,11,16H,9-10H2,1-3H3,(H,22,24). The lowest BCUT2D eigenvalue weighted by Gasteiger charge is -2.34. The SMILES string of the molecule is Cc1cc2c(o1)CC(C)(C)CC2NC(=O)c1cc(-c2cccnc2)on1. The number of carbonyl (C=O) groups is 1. The minimum atomic E-state index is -0.253. The number of aromatic nitrogens is 2. The van der Waals surface area contributed by atoms with Crippen molar-refractivity contribution in [2.24, 2.45) is 5.41 Å². The van der Waals surface area contributed by atoms with E-state index in [1.54, 1.807) is 18.5 Å². The number of hydrogen-bond acceptors (Lipinski definition) is 5. The third-order valence-electron chi connectivity index (χ3n) is 4.73. The van der Waals surface area contributed by atoms with Gasteiger partial charge in [0.2, 0.25) is 0 Å². The van der Waals surface area contributed by atoms with E-state index in [1.165, 1.54) is 0 Å². The van der Waals surface area contributed by atoms with Crippen LogP contribution in [0.1, 0.15) is 53.9 Å². The predicted octanol–water partition coefficient (Wildman–Crippen LogP) is 4.08. The minimum Gasteiger partial charge on any atom is -0.466 e.